The van der Waals surface area contributed by atoms with Gasteiger partial charge in [-0.15, -0.1) is 0 Å². The van der Waals surface area contributed by atoms with Gasteiger partial charge in [-0.05, 0) is 35.1 Å². The molecule has 1 aromatic carbocycles. The van der Waals surface area contributed by atoms with Crippen LogP contribution in [0.5, 0.6) is 0 Å². The average Bonchev–Trinajstić information content (AvgIpc) is 2.95. The SMILES string of the molecule is CCc1ccc(C(Br)c2ccc(C(C)(C)CC)cc2)o1. The molecule has 108 valence electrons. The van der Waals surface area contributed by atoms with Crippen molar-refractivity contribution in [2.24, 2.45) is 0 Å². The first-order chi connectivity index (χ1) is 9.47. The van der Waals surface area contributed by atoms with Gasteiger partial charge in [0.15, 0.2) is 0 Å². The van der Waals surface area contributed by atoms with Crippen LogP contribution in [0, 0.1) is 0 Å². The third kappa shape index (κ3) is 3.17. The van der Waals surface area contributed by atoms with Crippen molar-refractivity contribution in [3.8, 4) is 0 Å². The first kappa shape index (κ1) is 15.4. The van der Waals surface area contributed by atoms with Gasteiger partial charge in [0, 0.05) is 6.42 Å². The Morgan fingerprint density at radius 3 is 2.20 bits per heavy atom. The summed E-state index contributed by atoms with van der Waals surface area (Å²) in [5.41, 5.74) is 2.86. The molecule has 0 spiro atoms. The fourth-order valence-corrected chi connectivity index (χ4v) is 2.74. The van der Waals surface area contributed by atoms with Gasteiger partial charge in [-0.2, -0.15) is 0 Å². The minimum atomic E-state index is 0.126. The van der Waals surface area contributed by atoms with Crippen LogP contribution in [0.15, 0.2) is 40.8 Å². The standard InChI is InChI=1S/C18H23BrO/c1-5-15-11-12-16(20-15)17(19)13-7-9-14(10-8-13)18(3,4)6-2/h7-12,17H,5-6H2,1-4H3. The maximum absolute atomic E-state index is 5.82. The summed E-state index contributed by atoms with van der Waals surface area (Å²) in [6.45, 7) is 8.91. The number of halogens is 1. The first-order valence-corrected chi connectivity index (χ1v) is 8.22. The molecule has 1 nitrogen and oxygen atoms in total. The molecule has 0 saturated heterocycles. The molecular formula is C18H23BrO. The third-order valence-corrected chi connectivity index (χ3v) is 5.13. The summed E-state index contributed by atoms with van der Waals surface area (Å²) in [5, 5.41) is 0. The van der Waals surface area contributed by atoms with E-state index in [1.54, 1.807) is 0 Å². The van der Waals surface area contributed by atoms with E-state index < -0.39 is 0 Å². The number of hydrogen-bond acceptors (Lipinski definition) is 1. The van der Waals surface area contributed by atoms with Crippen LogP contribution in [0.25, 0.3) is 0 Å². The van der Waals surface area contributed by atoms with Crippen molar-refractivity contribution in [2.45, 2.75) is 50.8 Å². The van der Waals surface area contributed by atoms with Crippen LogP contribution in [-0.2, 0) is 11.8 Å². The lowest BCUT2D eigenvalue weighted by Gasteiger charge is -2.23. The molecule has 0 N–H and O–H groups in total. The van der Waals surface area contributed by atoms with Gasteiger partial charge in [0.05, 0.1) is 4.83 Å². The maximum Gasteiger partial charge on any atom is 0.122 e. The predicted octanol–water partition coefficient (Wildman–Crippen LogP) is 6.01. The highest BCUT2D eigenvalue weighted by molar-refractivity contribution is 9.09. The average molecular weight is 335 g/mol. The Morgan fingerprint density at radius 2 is 1.70 bits per heavy atom. The minimum absolute atomic E-state index is 0.126. The van der Waals surface area contributed by atoms with Crippen molar-refractivity contribution in [3.05, 3.63) is 59.0 Å². The molecule has 20 heavy (non-hydrogen) atoms. The zero-order valence-electron chi connectivity index (χ0n) is 12.7. The predicted molar refractivity (Wildman–Crippen MR) is 88.6 cm³/mol. The highest BCUT2D eigenvalue weighted by Gasteiger charge is 2.19. The van der Waals surface area contributed by atoms with Gasteiger partial charge >= 0.3 is 0 Å². The second-order valence-corrected chi connectivity index (χ2v) is 6.80. The normalized spacial score (nSPS) is 13.4. The van der Waals surface area contributed by atoms with Gasteiger partial charge in [0.2, 0.25) is 0 Å². The van der Waals surface area contributed by atoms with E-state index in [1.807, 2.05) is 0 Å². The summed E-state index contributed by atoms with van der Waals surface area (Å²) < 4.78 is 5.82. The molecule has 1 atom stereocenters. The Balaban J connectivity index is 2.21. The van der Waals surface area contributed by atoms with Crippen molar-refractivity contribution in [1.82, 2.24) is 0 Å². The molecule has 1 unspecified atom stereocenters. The summed E-state index contributed by atoms with van der Waals surface area (Å²) in [5.74, 6) is 2.01. The van der Waals surface area contributed by atoms with E-state index in [4.69, 9.17) is 4.42 Å². The Morgan fingerprint density at radius 1 is 1.05 bits per heavy atom. The molecule has 0 aliphatic carbocycles. The van der Waals surface area contributed by atoms with E-state index >= 15 is 0 Å². The van der Waals surface area contributed by atoms with Gasteiger partial charge in [-0.25, -0.2) is 0 Å². The van der Waals surface area contributed by atoms with E-state index in [9.17, 15) is 0 Å². The summed E-state index contributed by atoms with van der Waals surface area (Å²) in [6.07, 6.45) is 2.07. The fraction of sp³-hybridized carbons (Fsp3) is 0.444. The van der Waals surface area contributed by atoms with Crippen LogP contribution >= 0.6 is 15.9 Å². The maximum atomic E-state index is 5.82. The van der Waals surface area contributed by atoms with Crippen molar-refractivity contribution in [1.29, 1.82) is 0 Å². The van der Waals surface area contributed by atoms with Crippen molar-refractivity contribution in [3.63, 3.8) is 0 Å². The highest BCUT2D eigenvalue weighted by Crippen LogP contribution is 2.34. The lowest BCUT2D eigenvalue weighted by Crippen LogP contribution is -2.15. The number of furan rings is 1. The minimum Gasteiger partial charge on any atom is -0.465 e. The quantitative estimate of drug-likeness (QED) is 0.610. The number of hydrogen-bond donors (Lipinski definition) is 0. The number of rotatable bonds is 5. The Hall–Kier alpha value is -1.02. The van der Waals surface area contributed by atoms with Crippen LogP contribution in [-0.4, -0.2) is 0 Å². The monoisotopic (exact) mass is 334 g/mol. The second-order valence-electron chi connectivity index (χ2n) is 5.88. The summed E-state index contributed by atoms with van der Waals surface area (Å²) in [4.78, 5) is 0.126. The van der Waals surface area contributed by atoms with Gasteiger partial charge in [-0.3, -0.25) is 0 Å². The molecule has 2 aromatic rings. The van der Waals surface area contributed by atoms with Crippen LogP contribution in [0.4, 0.5) is 0 Å². The number of alkyl halides is 1. The topological polar surface area (TPSA) is 13.1 Å². The number of benzene rings is 1. The molecule has 0 aliphatic rings. The van der Waals surface area contributed by atoms with Crippen molar-refractivity contribution >= 4 is 15.9 Å². The van der Waals surface area contributed by atoms with E-state index in [2.05, 4.69) is 80.0 Å². The van der Waals surface area contributed by atoms with Crippen LogP contribution < -0.4 is 0 Å². The fourth-order valence-electron chi connectivity index (χ4n) is 2.19. The molecule has 2 rings (SSSR count). The molecule has 2 heteroatoms. The summed E-state index contributed by atoms with van der Waals surface area (Å²) >= 11 is 3.73. The molecule has 0 radical (unpaired) electrons. The van der Waals surface area contributed by atoms with Gasteiger partial charge < -0.3 is 4.42 Å². The lowest BCUT2D eigenvalue weighted by molar-refractivity contribution is 0.477. The third-order valence-electron chi connectivity index (χ3n) is 4.15. The first-order valence-electron chi connectivity index (χ1n) is 7.31. The molecule has 1 aromatic heterocycles. The van der Waals surface area contributed by atoms with E-state index in [1.165, 1.54) is 11.1 Å². The van der Waals surface area contributed by atoms with Crippen LogP contribution in [0.3, 0.4) is 0 Å². The van der Waals surface area contributed by atoms with Crippen LogP contribution in [0.2, 0.25) is 0 Å². The van der Waals surface area contributed by atoms with E-state index in [-0.39, 0.29) is 10.2 Å². The van der Waals surface area contributed by atoms with Crippen LogP contribution in [0.1, 0.15) is 61.6 Å². The molecule has 0 aliphatic heterocycles. The Bertz CT molecular complexity index is 551. The zero-order chi connectivity index (χ0) is 14.8. The molecule has 0 amide bonds. The second kappa shape index (κ2) is 6.17. The Kier molecular flexibility index (Phi) is 4.74. The molecule has 0 bridgehead atoms. The van der Waals surface area contributed by atoms with E-state index in [0.29, 0.717) is 0 Å². The zero-order valence-corrected chi connectivity index (χ0v) is 14.3. The summed E-state index contributed by atoms with van der Waals surface area (Å²) in [7, 11) is 0. The van der Waals surface area contributed by atoms with E-state index in [0.717, 1.165) is 24.4 Å². The molecular weight excluding hydrogens is 312 g/mol. The Labute approximate surface area is 130 Å². The van der Waals surface area contributed by atoms with Crippen molar-refractivity contribution in [2.75, 3.05) is 0 Å². The lowest BCUT2D eigenvalue weighted by atomic mass is 9.82. The highest BCUT2D eigenvalue weighted by atomic mass is 79.9. The smallest absolute Gasteiger partial charge is 0.122 e. The molecule has 0 fully saturated rings. The van der Waals surface area contributed by atoms with Gasteiger partial charge in [-0.1, -0.05) is 67.9 Å². The van der Waals surface area contributed by atoms with Gasteiger partial charge in [0.25, 0.3) is 0 Å². The molecule has 1 heterocycles. The number of aryl methyl sites for hydroxylation is 1. The summed E-state index contributed by atoms with van der Waals surface area (Å²) in [6, 6.07) is 13.0. The van der Waals surface area contributed by atoms with Gasteiger partial charge in [0.1, 0.15) is 11.5 Å². The van der Waals surface area contributed by atoms with Crippen molar-refractivity contribution < 1.29 is 4.42 Å². The molecule has 0 saturated carbocycles. The largest absolute Gasteiger partial charge is 0.465 e.